The second kappa shape index (κ2) is 53.9. The van der Waals surface area contributed by atoms with Crippen LogP contribution in [0, 0.1) is 0 Å². The minimum Gasteiger partial charge on any atom is -0.462 e. The maximum absolute atomic E-state index is 12.8. The number of carbonyl (C=O) groups is 2. The van der Waals surface area contributed by atoms with E-state index in [0.29, 0.717) is 19.4 Å². The lowest BCUT2D eigenvalue weighted by Gasteiger charge is -2.18. The summed E-state index contributed by atoms with van der Waals surface area (Å²) < 4.78 is 17.4. The number of carbonyl (C=O) groups excluding carboxylic acids is 2. The van der Waals surface area contributed by atoms with Crippen molar-refractivity contribution in [3.8, 4) is 0 Å². The maximum atomic E-state index is 12.8. The van der Waals surface area contributed by atoms with Gasteiger partial charge in [-0.15, -0.1) is 0 Å². The van der Waals surface area contributed by atoms with Crippen LogP contribution in [0.1, 0.15) is 226 Å². The van der Waals surface area contributed by atoms with E-state index in [9.17, 15) is 9.59 Å². The summed E-state index contributed by atoms with van der Waals surface area (Å²) in [5.74, 6) is -0.457. The van der Waals surface area contributed by atoms with Crippen LogP contribution in [0.4, 0.5) is 0 Å². The predicted octanol–water partition coefficient (Wildman–Crippen LogP) is 18.0. The average molecular weight is 887 g/mol. The lowest BCUT2D eigenvalue weighted by Crippen LogP contribution is -2.30. The minimum absolute atomic E-state index is 0.0502. The van der Waals surface area contributed by atoms with E-state index in [0.717, 1.165) is 135 Å². The number of hydrogen-bond donors (Lipinski definition) is 0. The highest BCUT2D eigenvalue weighted by Crippen LogP contribution is 2.13. The van der Waals surface area contributed by atoms with Crippen molar-refractivity contribution < 1.29 is 23.8 Å². The van der Waals surface area contributed by atoms with Crippen molar-refractivity contribution in [1.82, 2.24) is 0 Å². The van der Waals surface area contributed by atoms with E-state index in [4.69, 9.17) is 14.2 Å². The molecule has 0 saturated carbocycles. The van der Waals surface area contributed by atoms with Gasteiger partial charge < -0.3 is 14.2 Å². The molecule has 0 aromatic rings. The van der Waals surface area contributed by atoms with Gasteiger partial charge in [-0.2, -0.15) is 0 Å². The van der Waals surface area contributed by atoms with E-state index in [1.807, 2.05) is 0 Å². The SMILES string of the molecule is CC/C=C\C/C=C\C/C=C\C/C=C\CCCCCCC(=O)OCC(COCCCCC/C=C\C/C=C\C/C=C\C/C=C\CC)OC(=O)CCCCCCC/C=C\CCCCCCCC. The molecule has 5 nitrogen and oxygen atoms in total. The smallest absolute Gasteiger partial charge is 0.306 e. The standard InChI is InChI=1S/C59H98O5/c1-4-7-10-13-16-19-22-25-28-30-32-34-37-40-43-46-49-52-58(60)63-56-57(55-62-54-51-48-45-42-39-36-33-29-26-23-20-17-14-11-8-5-2)64-59(61)53-50-47-44-41-38-35-31-27-24-21-18-15-12-9-6-3/h7-8,10-11,16-17,19-20,25-29,31-32,34,36,39,57H,4-6,9,12-15,18,21-24,30,33,35,37-38,40-56H2,1-3H3/b10-7-,11-8-,19-16-,20-17-,28-25-,29-26-,31-27-,34-32-,39-36-. The molecule has 1 unspecified atom stereocenters. The van der Waals surface area contributed by atoms with Crippen molar-refractivity contribution >= 4 is 11.9 Å². The summed E-state index contributed by atoms with van der Waals surface area (Å²) in [5.41, 5.74) is 0. The van der Waals surface area contributed by atoms with Crippen LogP contribution in [0.2, 0.25) is 0 Å². The van der Waals surface area contributed by atoms with E-state index in [1.54, 1.807) is 0 Å². The number of allylic oxidation sites excluding steroid dienone is 18. The fourth-order valence-corrected chi connectivity index (χ4v) is 6.90. The van der Waals surface area contributed by atoms with Crippen molar-refractivity contribution in [3.05, 3.63) is 109 Å². The third-order valence-corrected chi connectivity index (χ3v) is 10.8. The summed E-state index contributed by atoms with van der Waals surface area (Å²) in [5, 5.41) is 0. The van der Waals surface area contributed by atoms with Crippen molar-refractivity contribution in [2.75, 3.05) is 19.8 Å². The second-order valence-electron chi connectivity index (χ2n) is 17.0. The van der Waals surface area contributed by atoms with Gasteiger partial charge in [-0.25, -0.2) is 0 Å². The Morgan fingerprint density at radius 3 is 1.14 bits per heavy atom. The number of hydrogen-bond acceptors (Lipinski definition) is 5. The van der Waals surface area contributed by atoms with Gasteiger partial charge in [0.05, 0.1) is 6.61 Å². The van der Waals surface area contributed by atoms with Crippen LogP contribution in [-0.4, -0.2) is 37.9 Å². The fraction of sp³-hybridized carbons (Fsp3) is 0.661. The third kappa shape index (κ3) is 51.2. The highest BCUT2D eigenvalue weighted by molar-refractivity contribution is 5.70. The number of unbranched alkanes of at least 4 members (excludes halogenated alkanes) is 18. The largest absolute Gasteiger partial charge is 0.462 e. The molecular formula is C59H98O5. The Bertz CT molecular complexity index is 1280. The minimum atomic E-state index is -0.574. The fourth-order valence-electron chi connectivity index (χ4n) is 6.90. The molecule has 5 heteroatoms. The number of ether oxygens (including phenoxy) is 3. The third-order valence-electron chi connectivity index (χ3n) is 10.8. The molecule has 364 valence electrons. The first-order valence-electron chi connectivity index (χ1n) is 26.4. The highest BCUT2D eigenvalue weighted by atomic mass is 16.6. The first-order valence-corrected chi connectivity index (χ1v) is 26.4. The molecule has 0 radical (unpaired) electrons. The Kier molecular flexibility index (Phi) is 51.0. The predicted molar refractivity (Wildman–Crippen MR) is 279 cm³/mol. The van der Waals surface area contributed by atoms with E-state index in [-0.39, 0.29) is 25.2 Å². The Balaban J connectivity index is 4.41. The molecule has 0 aliphatic rings. The number of esters is 2. The number of rotatable bonds is 47. The molecule has 1 atom stereocenters. The molecule has 0 bridgehead atoms. The zero-order chi connectivity index (χ0) is 46.3. The van der Waals surface area contributed by atoms with Gasteiger partial charge in [0, 0.05) is 19.4 Å². The van der Waals surface area contributed by atoms with Crippen LogP contribution in [0.15, 0.2) is 109 Å². The second-order valence-corrected chi connectivity index (χ2v) is 17.0. The van der Waals surface area contributed by atoms with Gasteiger partial charge in [0.1, 0.15) is 6.61 Å². The first-order chi connectivity index (χ1) is 31.6. The normalized spacial score (nSPS) is 13.1. The van der Waals surface area contributed by atoms with Gasteiger partial charge in [-0.3, -0.25) is 9.59 Å². The maximum Gasteiger partial charge on any atom is 0.306 e. The highest BCUT2D eigenvalue weighted by Gasteiger charge is 2.17. The van der Waals surface area contributed by atoms with E-state index in [2.05, 4.69) is 130 Å². The van der Waals surface area contributed by atoms with Crippen LogP contribution in [0.3, 0.4) is 0 Å². The van der Waals surface area contributed by atoms with E-state index < -0.39 is 6.10 Å². The Hall–Kier alpha value is -3.44. The van der Waals surface area contributed by atoms with Gasteiger partial charge in [-0.1, -0.05) is 201 Å². The Labute approximate surface area is 395 Å². The molecule has 0 aromatic carbocycles. The summed E-state index contributed by atoms with van der Waals surface area (Å²) in [4.78, 5) is 25.4. The van der Waals surface area contributed by atoms with Crippen LogP contribution >= 0.6 is 0 Å². The monoisotopic (exact) mass is 887 g/mol. The summed E-state index contributed by atoms with van der Waals surface area (Å²) in [6, 6.07) is 0. The Morgan fingerprint density at radius 2 is 0.703 bits per heavy atom. The van der Waals surface area contributed by atoms with Crippen molar-refractivity contribution in [3.63, 3.8) is 0 Å². The van der Waals surface area contributed by atoms with Crippen molar-refractivity contribution in [1.29, 1.82) is 0 Å². The van der Waals surface area contributed by atoms with Crippen LogP contribution < -0.4 is 0 Å². The summed E-state index contributed by atoms with van der Waals surface area (Å²) in [7, 11) is 0. The molecule has 0 N–H and O–H groups in total. The molecule has 0 aliphatic carbocycles. The van der Waals surface area contributed by atoms with Crippen LogP contribution in [0.5, 0.6) is 0 Å². The summed E-state index contributed by atoms with van der Waals surface area (Å²) >= 11 is 0. The van der Waals surface area contributed by atoms with Crippen LogP contribution in [-0.2, 0) is 23.8 Å². The molecule has 0 amide bonds. The molecule has 0 aliphatic heterocycles. The van der Waals surface area contributed by atoms with E-state index >= 15 is 0 Å². The quantitative estimate of drug-likeness (QED) is 0.0346. The first kappa shape index (κ1) is 60.6. The van der Waals surface area contributed by atoms with Gasteiger partial charge in [0.25, 0.3) is 0 Å². The summed E-state index contributed by atoms with van der Waals surface area (Å²) in [6.45, 7) is 7.48. The molecule has 0 fully saturated rings. The van der Waals surface area contributed by atoms with Crippen LogP contribution in [0.25, 0.3) is 0 Å². The van der Waals surface area contributed by atoms with Gasteiger partial charge in [0.15, 0.2) is 6.10 Å². The van der Waals surface area contributed by atoms with Gasteiger partial charge >= 0.3 is 11.9 Å². The molecule has 0 heterocycles. The lowest BCUT2D eigenvalue weighted by atomic mass is 10.1. The topological polar surface area (TPSA) is 61.8 Å². The molecule has 64 heavy (non-hydrogen) atoms. The molecule has 0 aromatic heterocycles. The zero-order valence-electron chi connectivity index (χ0n) is 41.8. The lowest BCUT2D eigenvalue weighted by molar-refractivity contribution is -0.163. The van der Waals surface area contributed by atoms with Crippen molar-refractivity contribution in [2.24, 2.45) is 0 Å². The summed E-state index contributed by atoms with van der Waals surface area (Å²) in [6.07, 6.45) is 73.8. The van der Waals surface area contributed by atoms with Gasteiger partial charge in [0.2, 0.25) is 0 Å². The molecule has 0 spiro atoms. The molecule has 0 rings (SSSR count). The van der Waals surface area contributed by atoms with Gasteiger partial charge in [-0.05, 0) is 122 Å². The Morgan fingerprint density at radius 1 is 0.359 bits per heavy atom. The molecular weight excluding hydrogens is 789 g/mol. The van der Waals surface area contributed by atoms with E-state index in [1.165, 1.54) is 57.8 Å². The zero-order valence-corrected chi connectivity index (χ0v) is 41.8. The van der Waals surface area contributed by atoms with Crippen molar-refractivity contribution in [2.45, 2.75) is 232 Å². The molecule has 0 saturated heterocycles. The average Bonchev–Trinajstić information content (AvgIpc) is 3.30.